The monoisotopic (exact) mass is 99.0 g/mol. The lowest BCUT2D eigenvalue weighted by Crippen LogP contribution is -2.04. The lowest BCUT2D eigenvalue weighted by atomic mass is 10.8. The van der Waals surface area contributed by atoms with Crippen molar-refractivity contribution < 1.29 is 4.42 Å². The molecular formula is C3H5N3O. The summed E-state index contributed by atoms with van der Waals surface area (Å²) >= 11 is 0. The maximum absolute atomic E-state index is 4.91. The first-order chi connectivity index (χ1) is 3.43. The molecule has 1 heterocycles. The molecule has 0 spiro atoms. The third-order valence-corrected chi connectivity index (χ3v) is 0.575. The van der Waals surface area contributed by atoms with Gasteiger partial charge in [-0.2, -0.15) is 0 Å². The van der Waals surface area contributed by atoms with E-state index in [9.17, 15) is 0 Å². The van der Waals surface area contributed by atoms with Crippen LogP contribution in [-0.4, -0.2) is 4.98 Å². The number of anilines is 1. The maximum atomic E-state index is 4.91. The molecule has 0 bridgehead atoms. The molecule has 1 aromatic rings. The van der Waals surface area contributed by atoms with Gasteiger partial charge < -0.3 is 4.42 Å². The average molecular weight is 99.1 g/mol. The van der Waals surface area contributed by atoms with Crippen LogP contribution < -0.4 is 11.3 Å². The number of hydrogen-bond donors (Lipinski definition) is 2. The molecule has 0 aliphatic heterocycles. The first kappa shape index (κ1) is 4.14. The molecule has 0 aromatic carbocycles. The van der Waals surface area contributed by atoms with Crippen molar-refractivity contribution in [2.24, 2.45) is 5.84 Å². The van der Waals surface area contributed by atoms with Crippen LogP contribution in [0.5, 0.6) is 0 Å². The van der Waals surface area contributed by atoms with Gasteiger partial charge in [-0.25, -0.2) is 10.8 Å². The summed E-state index contributed by atoms with van der Waals surface area (Å²) in [6.07, 6.45) is 2.79. The van der Waals surface area contributed by atoms with Gasteiger partial charge in [0.1, 0.15) is 0 Å². The number of rotatable bonds is 1. The minimum atomic E-state index is 0.472. The van der Waals surface area contributed by atoms with Gasteiger partial charge in [0, 0.05) is 0 Å². The van der Waals surface area contributed by atoms with Crippen molar-refractivity contribution in [1.29, 1.82) is 0 Å². The number of nitrogens with zero attached hydrogens (tertiary/aromatic N) is 1. The number of nitrogen functional groups attached to an aromatic ring is 1. The smallest absolute Gasteiger partial charge is 0.227 e. The first-order valence-corrected chi connectivity index (χ1v) is 1.78. The molecule has 1 aromatic heterocycles. The maximum Gasteiger partial charge on any atom is 0.227 e. The Morgan fingerprint density at radius 1 is 1.86 bits per heavy atom. The number of nitrogens with two attached hydrogens (primary N) is 1. The summed E-state index contributed by atoms with van der Waals surface area (Å²) in [7, 11) is 0. The van der Waals surface area contributed by atoms with Crippen molar-refractivity contribution in [3.63, 3.8) is 0 Å². The van der Waals surface area contributed by atoms with E-state index in [4.69, 9.17) is 5.84 Å². The molecule has 0 aliphatic rings. The zero-order valence-electron chi connectivity index (χ0n) is 3.59. The Hall–Kier alpha value is -1.03. The molecule has 4 heteroatoms. The van der Waals surface area contributed by atoms with Crippen molar-refractivity contribution in [1.82, 2.24) is 4.98 Å². The van der Waals surface area contributed by atoms with Crippen LogP contribution in [0.15, 0.2) is 17.0 Å². The third-order valence-electron chi connectivity index (χ3n) is 0.575. The minimum absolute atomic E-state index is 0.472. The molecule has 3 N–H and O–H groups in total. The normalized spacial score (nSPS) is 8.71. The molecule has 1 rings (SSSR count). The van der Waals surface area contributed by atoms with Gasteiger partial charge in [0.25, 0.3) is 0 Å². The van der Waals surface area contributed by atoms with Crippen LogP contribution in [0, 0.1) is 0 Å². The van der Waals surface area contributed by atoms with Gasteiger partial charge in [0.2, 0.25) is 5.88 Å². The molecule has 0 saturated carbocycles. The SMILES string of the molecule is NNc1cnco1. The fourth-order valence-electron chi connectivity index (χ4n) is 0.287. The molecule has 7 heavy (non-hydrogen) atoms. The van der Waals surface area contributed by atoms with Crippen LogP contribution in [-0.2, 0) is 0 Å². The summed E-state index contributed by atoms with van der Waals surface area (Å²) in [5, 5.41) is 0. The van der Waals surface area contributed by atoms with E-state index in [0.717, 1.165) is 0 Å². The highest BCUT2D eigenvalue weighted by Crippen LogP contribution is 1.98. The predicted molar refractivity (Wildman–Crippen MR) is 24.3 cm³/mol. The van der Waals surface area contributed by atoms with Crippen molar-refractivity contribution in [3.05, 3.63) is 12.6 Å². The zero-order chi connectivity index (χ0) is 5.11. The quantitative estimate of drug-likeness (QED) is 0.383. The topological polar surface area (TPSA) is 64.1 Å². The Labute approximate surface area is 40.3 Å². The molecule has 4 nitrogen and oxygen atoms in total. The highest BCUT2D eigenvalue weighted by Gasteiger charge is 1.84. The Bertz CT molecular complexity index is 125. The van der Waals surface area contributed by atoms with Crippen LogP contribution >= 0.6 is 0 Å². The summed E-state index contributed by atoms with van der Waals surface area (Å²) < 4.78 is 4.64. The number of nitrogens with one attached hydrogen (secondary N) is 1. The second kappa shape index (κ2) is 1.61. The Morgan fingerprint density at radius 2 is 2.71 bits per heavy atom. The van der Waals surface area contributed by atoms with E-state index in [0.29, 0.717) is 5.88 Å². The van der Waals surface area contributed by atoms with Crippen molar-refractivity contribution in [2.45, 2.75) is 0 Å². The summed E-state index contributed by atoms with van der Waals surface area (Å²) in [5.74, 6) is 5.38. The highest BCUT2D eigenvalue weighted by atomic mass is 16.4. The second-order valence-electron chi connectivity index (χ2n) is 1.01. The number of oxazole rings is 1. The Morgan fingerprint density at radius 3 is 3.00 bits per heavy atom. The molecule has 0 saturated heterocycles. The van der Waals surface area contributed by atoms with E-state index in [1.165, 1.54) is 12.6 Å². The van der Waals surface area contributed by atoms with E-state index in [2.05, 4.69) is 14.8 Å². The molecule has 0 radical (unpaired) electrons. The zero-order valence-corrected chi connectivity index (χ0v) is 3.59. The lowest BCUT2D eigenvalue weighted by molar-refractivity contribution is 0.570. The largest absolute Gasteiger partial charge is 0.427 e. The molecule has 0 atom stereocenters. The van der Waals surface area contributed by atoms with Gasteiger partial charge in [-0.1, -0.05) is 0 Å². The first-order valence-electron chi connectivity index (χ1n) is 1.78. The van der Waals surface area contributed by atoms with Crippen molar-refractivity contribution in [3.8, 4) is 0 Å². The summed E-state index contributed by atoms with van der Waals surface area (Å²) in [5.41, 5.74) is 2.28. The molecular weight excluding hydrogens is 94.1 g/mol. The second-order valence-corrected chi connectivity index (χ2v) is 1.01. The third kappa shape index (κ3) is 0.690. The summed E-state index contributed by atoms with van der Waals surface area (Å²) in [6, 6.07) is 0. The summed E-state index contributed by atoms with van der Waals surface area (Å²) in [4.78, 5) is 3.58. The van der Waals surface area contributed by atoms with Crippen molar-refractivity contribution in [2.75, 3.05) is 5.43 Å². The van der Waals surface area contributed by atoms with Crippen LogP contribution in [0.2, 0.25) is 0 Å². The standard InChI is InChI=1S/C3H5N3O/c4-6-3-1-5-2-7-3/h1-2,6H,4H2. The van der Waals surface area contributed by atoms with E-state index in [1.54, 1.807) is 0 Å². The summed E-state index contributed by atoms with van der Waals surface area (Å²) in [6.45, 7) is 0. The van der Waals surface area contributed by atoms with Gasteiger partial charge in [-0.05, 0) is 0 Å². The van der Waals surface area contributed by atoms with Crippen molar-refractivity contribution >= 4 is 5.88 Å². The fraction of sp³-hybridized carbons (Fsp3) is 0. The van der Waals surface area contributed by atoms with E-state index in [1.807, 2.05) is 0 Å². The average Bonchev–Trinajstić information content (AvgIpc) is 2.14. The number of hydrogen-bond acceptors (Lipinski definition) is 4. The molecule has 0 aliphatic carbocycles. The fourth-order valence-corrected chi connectivity index (χ4v) is 0.287. The molecule has 38 valence electrons. The van der Waals surface area contributed by atoms with E-state index >= 15 is 0 Å². The highest BCUT2D eigenvalue weighted by molar-refractivity contribution is 5.22. The minimum Gasteiger partial charge on any atom is -0.427 e. The lowest BCUT2D eigenvalue weighted by Gasteiger charge is -1.84. The van der Waals surface area contributed by atoms with E-state index in [-0.39, 0.29) is 0 Å². The van der Waals surface area contributed by atoms with Crippen LogP contribution in [0.4, 0.5) is 5.88 Å². The van der Waals surface area contributed by atoms with E-state index < -0.39 is 0 Å². The molecule has 0 amide bonds. The Kier molecular flexibility index (Phi) is 0.953. The predicted octanol–water partition coefficient (Wildman–Crippen LogP) is -0.0398. The van der Waals surface area contributed by atoms with Gasteiger partial charge in [0.05, 0.1) is 6.20 Å². The number of aromatic nitrogens is 1. The molecule has 0 unspecified atom stereocenters. The Balaban J connectivity index is 2.76. The van der Waals surface area contributed by atoms with Crippen LogP contribution in [0.25, 0.3) is 0 Å². The van der Waals surface area contributed by atoms with Crippen LogP contribution in [0.3, 0.4) is 0 Å². The van der Waals surface area contributed by atoms with Gasteiger partial charge in [0.15, 0.2) is 6.39 Å². The van der Waals surface area contributed by atoms with Crippen LogP contribution in [0.1, 0.15) is 0 Å². The molecule has 0 fully saturated rings. The van der Waals surface area contributed by atoms with Gasteiger partial charge in [-0.3, -0.25) is 5.43 Å². The van der Waals surface area contributed by atoms with Gasteiger partial charge >= 0.3 is 0 Å². The number of hydrazine groups is 1. The van der Waals surface area contributed by atoms with Gasteiger partial charge in [-0.15, -0.1) is 0 Å².